The van der Waals surface area contributed by atoms with Gasteiger partial charge in [0.2, 0.25) is 0 Å². The first-order valence-electron chi connectivity index (χ1n) is 17.5. The lowest BCUT2D eigenvalue weighted by Gasteiger charge is -2.19. The van der Waals surface area contributed by atoms with E-state index in [0.29, 0.717) is 0 Å². The molecule has 0 aliphatic carbocycles. The number of hydrogen-bond donors (Lipinski definition) is 0. The van der Waals surface area contributed by atoms with E-state index in [9.17, 15) is 0 Å². The van der Waals surface area contributed by atoms with Gasteiger partial charge in [-0.15, -0.1) is 0 Å². The highest BCUT2D eigenvalue weighted by Crippen LogP contribution is 2.48. The second kappa shape index (κ2) is 12.0. The van der Waals surface area contributed by atoms with Crippen LogP contribution in [0, 0.1) is 0 Å². The van der Waals surface area contributed by atoms with E-state index in [4.69, 9.17) is 5.10 Å². The van der Waals surface area contributed by atoms with Gasteiger partial charge in [0.15, 0.2) is 0 Å². The molecule has 0 N–H and O–H groups in total. The SMILES string of the molecule is c1ccc(-c2c3ccccc3c(-c3cccc4c3cc(-c3ccccc3)c3c(-c5ccccc5)nn(-c5ccccc5)c34)c3ccccc23)cc1. The van der Waals surface area contributed by atoms with Crippen molar-refractivity contribution < 1.29 is 0 Å². The number of fused-ring (bicyclic) bond motifs is 5. The van der Waals surface area contributed by atoms with E-state index in [1.807, 2.05) is 0 Å². The van der Waals surface area contributed by atoms with Crippen LogP contribution in [0.5, 0.6) is 0 Å². The van der Waals surface area contributed by atoms with E-state index in [0.717, 1.165) is 33.4 Å². The Morgan fingerprint density at radius 2 is 0.804 bits per heavy atom. The molecule has 51 heavy (non-hydrogen) atoms. The van der Waals surface area contributed by atoms with Crippen molar-refractivity contribution >= 4 is 43.2 Å². The van der Waals surface area contributed by atoms with Gasteiger partial charge in [-0.25, -0.2) is 4.68 Å². The fourth-order valence-corrected chi connectivity index (χ4v) is 8.02. The average molecular weight is 649 g/mol. The highest BCUT2D eigenvalue weighted by atomic mass is 15.3. The lowest BCUT2D eigenvalue weighted by atomic mass is 9.84. The van der Waals surface area contributed by atoms with Gasteiger partial charge in [-0.2, -0.15) is 5.10 Å². The fraction of sp³-hybridized carbons (Fsp3) is 0. The van der Waals surface area contributed by atoms with E-state index >= 15 is 0 Å². The lowest BCUT2D eigenvalue weighted by Crippen LogP contribution is -1.97. The molecule has 0 aliphatic rings. The molecule has 0 aliphatic heterocycles. The van der Waals surface area contributed by atoms with Crippen molar-refractivity contribution in [3.05, 3.63) is 194 Å². The molecule has 2 heteroatoms. The Labute approximate surface area is 296 Å². The minimum absolute atomic E-state index is 0.976. The number of rotatable bonds is 5. The van der Waals surface area contributed by atoms with Crippen LogP contribution in [0.4, 0.5) is 0 Å². The Morgan fingerprint density at radius 3 is 1.39 bits per heavy atom. The van der Waals surface area contributed by atoms with Crippen LogP contribution in [0.15, 0.2) is 194 Å². The highest BCUT2D eigenvalue weighted by molar-refractivity contribution is 6.26. The standard InChI is InChI=1S/C49H32N2/c1-5-18-33(19-6-1)43-32-44-41(46-39-28-15-13-26-37(39)45(34-20-7-2-8-21-34)38-27-14-16-29-40(38)46)30-17-31-42(44)49-47(43)48(35-22-9-3-10-23-35)50-51(49)36-24-11-4-12-25-36/h1-32H. The van der Waals surface area contributed by atoms with Crippen LogP contribution in [0.3, 0.4) is 0 Å². The molecule has 0 atom stereocenters. The molecule has 1 aromatic heterocycles. The smallest absolute Gasteiger partial charge is 0.101 e. The summed E-state index contributed by atoms with van der Waals surface area (Å²) in [4.78, 5) is 0. The second-order valence-corrected chi connectivity index (χ2v) is 13.1. The first-order chi connectivity index (χ1) is 25.3. The van der Waals surface area contributed by atoms with Crippen LogP contribution >= 0.6 is 0 Å². The molecule has 10 aromatic rings. The maximum atomic E-state index is 5.43. The van der Waals surface area contributed by atoms with E-state index in [2.05, 4.69) is 199 Å². The summed E-state index contributed by atoms with van der Waals surface area (Å²) in [5.74, 6) is 0. The maximum absolute atomic E-state index is 5.43. The van der Waals surface area contributed by atoms with Crippen LogP contribution in [-0.2, 0) is 0 Å². The third-order valence-electron chi connectivity index (χ3n) is 10.2. The summed E-state index contributed by atoms with van der Waals surface area (Å²) in [6, 6.07) is 69.8. The van der Waals surface area contributed by atoms with E-state index in [1.165, 1.54) is 60.1 Å². The number of aromatic nitrogens is 2. The molecule has 0 radical (unpaired) electrons. The average Bonchev–Trinajstić information content (AvgIpc) is 3.62. The van der Waals surface area contributed by atoms with Crippen molar-refractivity contribution in [2.45, 2.75) is 0 Å². The summed E-state index contributed by atoms with van der Waals surface area (Å²) >= 11 is 0. The van der Waals surface area contributed by atoms with Gasteiger partial charge >= 0.3 is 0 Å². The van der Waals surface area contributed by atoms with Gasteiger partial charge in [-0.3, -0.25) is 0 Å². The number of benzene rings is 9. The molecule has 2 nitrogen and oxygen atoms in total. The number of nitrogens with zero attached hydrogens (tertiary/aromatic N) is 2. The maximum Gasteiger partial charge on any atom is 0.101 e. The minimum Gasteiger partial charge on any atom is -0.232 e. The lowest BCUT2D eigenvalue weighted by molar-refractivity contribution is 0.918. The molecular weight excluding hydrogens is 617 g/mol. The molecule has 0 amide bonds. The summed E-state index contributed by atoms with van der Waals surface area (Å²) in [7, 11) is 0. The molecule has 238 valence electrons. The molecule has 0 bridgehead atoms. The van der Waals surface area contributed by atoms with Gasteiger partial charge in [0.05, 0.1) is 11.2 Å². The molecule has 0 spiro atoms. The minimum atomic E-state index is 0.976. The summed E-state index contributed by atoms with van der Waals surface area (Å²) in [5.41, 5.74) is 11.5. The quantitative estimate of drug-likeness (QED) is 0.170. The monoisotopic (exact) mass is 648 g/mol. The van der Waals surface area contributed by atoms with Gasteiger partial charge in [-0.1, -0.05) is 176 Å². The van der Waals surface area contributed by atoms with Crippen molar-refractivity contribution in [1.29, 1.82) is 0 Å². The molecule has 10 rings (SSSR count). The van der Waals surface area contributed by atoms with Crippen molar-refractivity contribution in [2.75, 3.05) is 0 Å². The van der Waals surface area contributed by atoms with Crippen molar-refractivity contribution in [2.24, 2.45) is 0 Å². The van der Waals surface area contributed by atoms with E-state index in [-0.39, 0.29) is 0 Å². The van der Waals surface area contributed by atoms with Crippen LogP contribution < -0.4 is 0 Å². The van der Waals surface area contributed by atoms with Gasteiger partial charge in [0, 0.05) is 16.3 Å². The van der Waals surface area contributed by atoms with Crippen molar-refractivity contribution in [3.63, 3.8) is 0 Å². The molecule has 0 saturated carbocycles. The largest absolute Gasteiger partial charge is 0.232 e. The van der Waals surface area contributed by atoms with Gasteiger partial charge in [0.25, 0.3) is 0 Å². The van der Waals surface area contributed by atoms with Crippen LogP contribution in [-0.4, -0.2) is 9.78 Å². The van der Waals surface area contributed by atoms with Crippen LogP contribution in [0.2, 0.25) is 0 Å². The molecule has 1 heterocycles. The molecule has 9 aromatic carbocycles. The Hall–Kier alpha value is -6.77. The van der Waals surface area contributed by atoms with Crippen LogP contribution in [0.25, 0.3) is 93.5 Å². The predicted octanol–water partition coefficient (Wildman–Crippen LogP) is 13.2. The number of para-hydroxylation sites is 1. The highest BCUT2D eigenvalue weighted by Gasteiger charge is 2.24. The third kappa shape index (κ3) is 4.69. The Kier molecular flexibility index (Phi) is 6.85. The summed E-state index contributed by atoms with van der Waals surface area (Å²) in [6.45, 7) is 0. The van der Waals surface area contributed by atoms with Gasteiger partial charge in [0.1, 0.15) is 5.69 Å². The summed E-state index contributed by atoms with van der Waals surface area (Å²) in [6.07, 6.45) is 0. The van der Waals surface area contributed by atoms with E-state index < -0.39 is 0 Å². The molecular formula is C49H32N2. The predicted molar refractivity (Wildman–Crippen MR) is 215 cm³/mol. The van der Waals surface area contributed by atoms with Crippen molar-refractivity contribution in [3.8, 4) is 50.3 Å². The molecule has 0 saturated heterocycles. The van der Waals surface area contributed by atoms with Crippen molar-refractivity contribution in [1.82, 2.24) is 9.78 Å². The van der Waals surface area contributed by atoms with Crippen LogP contribution in [0.1, 0.15) is 0 Å². The third-order valence-corrected chi connectivity index (χ3v) is 10.2. The topological polar surface area (TPSA) is 17.8 Å². The normalized spacial score (nSPS) is 11.5. The second-order valence-electron chi connectivity index (χ2n) is 13.1. The fourth-order valence-electron chi connectivity index (χ4n) is 8.02. The Balaban J connectivity index is 1.40. The van der Waals surface area contributed by atoms with Gasteiger partial charge in [-0.05, 0) is 78.5 Å². The zero-order valence-corrected chi connectivity index (χ0v) is 27.9. The first kappa shape index (κ1) is 29.2. The van der Waals surface area contributed by atoms with Gasteiger partial charge < -0.3 is 0 Å². The van der Waals surface area contributed by atoms with E-state index in [1.54, 1.807) is 0 Å². The summed E-state index contributed by atoms with van der Waals surface area (Å²) < 4.78 is 2.16. The summed E-state index contributed by atoms with van der Waals surface area (Å²) in [5, 5.41) is 13.9. The Bertz CT molecular complexity index is 2820. The first-order valence-corrected chi connectivity index (χ1v) is 17.5. The molecule has 0 fully saturated rings. The zero-order chi connectivity index (χ0) is 33.7. The number of hydrogen-bond acceptors (Lipinski definition) is 1. The Morgan fingerprint density at radius 1 is 0.333 bits per heavy atom. The zero-order valence-electron chi connectivity index (χ0n) is 27.9. The molecule has 0 unspecified atom stereocenters.